The second kappa shape index (κ2) is 5.13. The summed E-state index contributed by atoms with van der Waals surface area (Å²) >= 11 is 0. The number of hydrogen-bond acceptors (Lipinski definition) is 4. The zero-order chi connectivity index (χ0) is 15.0. The van der Waals surface area contributed by atoms with Crippen LogP contribution in [0.15, 0.2) is 11.2 Å². The second-order valence-electron chi connectivity index (χ2n) is 5.39. The number of halogens is 1. The van der Waals surface area contributed by atoms with E-state index >= 15 is 0 Å². The minimum Gasteiger partial charge on any atom is -0.350 e. The van der Waals surface area contributed by atoms with Crippen LogP contribution in [0.3, 0.4) is 0 Å². The lowest BCUT2D eigenvalue weighted by atomic mass is 10.1. The van der Waals surface area contributed by atoms with Crippen molar-refractivity contribution in [2.24, 2.45) is 0 Å². The molecule has 1 aromatic rings. The van der Waals surface area contributed by atoms with E-state index in [-0.39, 0.29) is 16.5 Å². The molecule has 0 bridgehead atoms. The standard InChI is InChI=1S/C11H18ClN3O3S/c1-7(10(16)14-11(3,4)5)15-6-9(13-8(15)2)19(12,17)18/h6-7H,1-5H3,(H,14,16). The molecule has 0 aliphatic rings. The van der Waals surface area contributed by atoms with Crippen LogP contribution < -0.4 is 5.32 Å². The Morgan fingerprint density at radius 2 is 2.00 bits per heavy atom. The molecule has 1 rings (SSSR count). The van der Waals surface area contributed by atoms with E-state index in [0.717, 1.165) is 0 Å². The van der Waals surface area contributed by atoms with Gasteiger partial charge in [0.05, 0.1) is 0 Å². The van der Waals surface area contributed by atoms with Crippen molar-refractivity contribution in [1.82, 2.24) is 14.9 Å². The van der Waals surface area contributed by atoms with Gasteiger partial charge in [-0.1, -0.05) is 0 Å². The molecule has 0 saturated heterocycles. The van der Waals surface area contributed by atoms with Gasteiger partial charge >= 0.3 is 0 Å². The third-order valence-corrected chi connectivity index (χ3v) is 3.61. The van der Waals surface area contributed by atoms with Gasteiger partial charge in [-0.2, -0.15) is 0 Å². The Hall–Kier alpha value is -1.08. The van der Waals surface area contributed by atoms with Gasteiger partial charge in [0.2, 0.25) is 5.91 Å². The molecule has 19 heavy (non-hydrogen) atoms. The number of nitrogens with one attached hydrogen (secondary N) is 1. The molecule has 1 N–H and O–H groups in total. The van der Waals surface area contributed by atoms with Crippen LogP contribution in [0.2, 0.25) is 0 Å². The molecule has 8 heteroatoms. The van der Waals surface area contributed by atoms with Crippen LogP contribution >= 0.6 is 10.7 Å². The van der Waals surface area contributed by atoms with Crippen LogP contribution in [0.5, 0.6) is 0 Å². The zero-order valence-electron chi connectivity index (χ0n) is 11.6. The average Bonchev–Trinajstić information content (AvgIpc) is 2.56. The lowest BCUT2D eigenvalue weighted by Gasteiger charge is -2.24. The van der Waals surface area contributed by atoms with Crippen LogP contribution in [-0.2, 0) is 13.8 Å². The quantitative estimate of drug-likeness (QED) is 0.860. The van der Waals surface area contributed by atoms with Crippen molar-refractivity contribution in [2.75, 3.05) is 0 Å². The van der Waals surface area contributed by atoms with Crippen molar-refractivity contribution < 1.29 is 13.2 Å². The molecule has 1 aromatic heterocycles. The molecule has 0 saturated carbocycles. The number of rotatable bonds is 3. The van der Waals surface area contributed by atoms with Crippen LogP contribution in [0.25, 0.3) is 0 Å². The minimum atomic E-state index is -3.89. The molecule has 0 fully saturated rings. The van der Waals surface area contributed by atoms with Crippen LogP contribution in [-0.4, -0.2) is 29.4 Å². The van der Waals surface area contributed by atoms with E-state index < -0.39 is 15.1 Å². The molecular formula is C11H18ClN3O3S. The summed E-state index contributed by atoms with van der Waals surface area (Å²) in [6.07, 6.45) is 1.27. The van der Waals surface area contributed by atoms with Crippen molar-refractivity contribution in [3.8, 4) is 0 Å². The number of nitrogens with zero attached hydrogens (tertiary/aromatic N) is 2. The molecule has 0 aliphatic carbocycles. The first kappa shape index (κ1) is 16.0. The Kier molecular flexibility index (Phi) is 4.31. The predicted octanol–water partition coefficient (Wildman–Crippen LogP) is 1.59. The van der Waals surface area contributed by atoms with Crippen molar-refractivity contribution in [2.45, 2.75) is 51.2 Å². The van der Waals surface area contributed by atoms with Gasteiger partial charge in [0.25, 0.3) is 9.05 Å². The summed E-state index contributed by atoms with van der Waals surface area (Å²) in [7, 11) is 1.34. The van der Waals surface area contributed by atoms with Crippen molar-refractivity contribution in [3.05, 3.63) is 12.0 Å². The van der Waals surface area contributed by atoms with Crippen LogP contribution in [0.4, 0.5) is 0 Å². The molecule has 1 atom stereocenters. The zero-order valence-corrected chi connectivity index (χ0v) is 13.1. The van der Waals surface area contributed by atoms with E-state index in [0.29, 0.717) is 5.82 Å². The number of aryl methyl sites for hydroxylation is 1. The summed E-state index contributed by atoms with van der Waals surface area (Å²) < 4.78 is 23.9. The molecule has 0 spiro atoms. The fraction of sp³-hybridized carbons (Fsp3) is 0.636. The van der Waals surface area contributed by atoms with Gasteiger partial charge in [-0.15, -0.1) is 0 Å². The number of carbonyl (C=O) groups excluding carboxylic acids is 1. The van der Waals surface area contributed by atoms with Crippen LogP contribution in [0, 0.1) is 6.92 Å². The molecule has 0 aliphatic heterocycles. The highest BCUT2D eigenvalue weighted by molar-refractivity contribution is 8.13. The van der Waals surface area contributed by atoms with Crippen molar-refractivity contribution in [1.29, 1.82) is 0 Å². The highest BCUT2D eigenvalue weighted by Gasteiger charge is 2.24. The summed E-state index contributed by atoms with van der Waals surface area (Å²) in [5, 5.41) is 2.57. The number of imidazole rings is 1. The van der Waals surface area contributed by atoms with Gasteiger partial charge < -0.3 is 9.88 Å². The maximum atomic E-state index is 12.0. The summed E-state index contributed by atoms with van der Waals surface area (Å²) in [5.41, 5.74) is -0.360. The van der Waals surface area contributed by atoms with Gasteiger partial charge in [0.1, 0.15) is 11.9 Å². The first-order valence-electron chi connectivity index (χ1n) is 5.74. The molecule has 1 heterocycles. The average molecular weight is 308 g/mol. The fourth-order valence-corrected chi connectivity index (χ4v) is 2.27. The maximum absolute atomic E-state index is 12.0. The van der Waals surface area contributed by atoms with Crippen molar-refractivity contribution >= 4 is 25.6 Å². The SMILES string of the molecule is Cc1nc(S(=O)(=O)Cl)cn1C(C)C(=O)NC(C)(C)C. The summed E-state index contributed by atoms with van der Waals surface area (Å²) in [6.45, 7) is 8.89. The smallest absolute Gasteiger partial charge is 0.280 e. The molecule has 108 valence electrons. The van der Waals surface area contributed by atoms with E-state index in [9.17, 15) is 13.2 Å². The molecule has 0 aromatic carbocycles. The molecule has 1 amide bonds. The van der Waals surface area contributed by atoms with Gasteiger partial charge in [-0.05, 0) is 34.6 Å². The number of carbonyl (C=O) groups is 1. The summed E-state index contributed by atoms with van der Waals surface area (Å²) in [5.74, 6) is 0.197. The van der Waals surface area contributed by atoms with E-state index in [1.54, 1.807) is 13.8 Å². The Bertz CT molecular complexity index is 587. The Balaban J connectivity index is 3.04. The van der Waals surface area contributed by atoms with E-state index in [2.05, 4.69) is 10.3 Å². The largest absolute Gasteiger partial charge is 0.350 e. The maximum Gasteiger partial charge on any atom is 0.280 e. The number of hydrogen-bond donors (Lipinski definition) is 1. The first-order chi connectivity index (χ1) is 8.42. The third-order valence-electron chi connectivity index (χ3n) is 2.44. The van der Waals surface area contributed by atoms with Crippen LogP contribution in [0.1, 0.15) is 39.6 Å². The highest BCUT2D eigenvalue weighted by atomic mass is 35.7. The number of amides is 1. The molecule has 1 unspecified atom stereocenters. The number of aromatic nitrogens is 2. The summed E-state index contributed by atoms with van der Waals surface area (Å²) in [4.78, 5) is 15.9. The van der Waals surface area contributed by atoms with Gasteiger partial charge in [-0.25, -0.2) is 13.4 Å². The Labute approximate surface area is 117 Å². The van der Waals surface area contributed by atoms with Crippen molar-refractivity contribution in [3.63, 3.8) is 0 Å². The normalized spacial score (nSPS) is 14.2. The minimum absolute atomic E-state index is 0.216. The predicted molar refractivity (Wildman–Crippen MR) is 72.6 cm³/mol. The van der Waals surface area contributed by atoms with E-state index in [1.807, 2.05) is 20.8 Å². The van der Waals surface area contributed by atoms with Gasteiger partial charge in [0, 0.05) is 22.4 Å². The third kappa shape index (κ3) is 4.21. The fourth-order valence-electron chi connectivity index (χ4n) is 1.57. The van der Waals surface area contributed by atoms with Gasteiger partial charge in [0.15, 0.2) is 5.03 Å². The summed E-state index contributed by atoms with van der Waals surface area (Å²) in [6, 6.07) is -0.570. The highest BCUT2D eigenvalue weighted by Crippen LogP contribution is 2.18. The molecule has 0 radical (unpaired) electrons. The lowest BCUT2D eigenvalue weighted by molar-refractivity contribution is -0.125. The first-order valence-corrected chi connectivity index (χ1v) is 8.05. The Morgan fingerprint density at radius 1 is 1.47 bits per heavy atom. The van der Waals surface area contributed by atoms with E-state index in [4.69, 9.17) is 10.7 Å². The topological polar surface area (TPSA) is 81.1 Å². The molecular weight excluding hydrogens is 290 g/mol. The molecule has 6 nitrogen and oxygen atoms in total. The van der Waals surface area contributed by atoms with E-state index in [1.165, 1.54) is 10.8 Å². The lowest BCUT2D eigenvalue weighted by Crippen LogP contribution is -2.43. The second-order valence-corrected chi connectivity index (χ2v) is 7.90. The Morgan fingerprint density at radius 3 is 2.37 bits per heavy atom. The van der Waals surface area contributed by atoms with Gasteiger partial charge in [-0.3, -0.25) is 4.79 Å². The monoisotopic (exact) mass is 307 g/mol.